The molecule has 0 radical (unpaired) electrons. The normalized spacial score (nSPS) is 15.8. The zero-order valence-corrected chi connectivity index (χ0v) is 10.7. The molecule has 1 saturated carbocycles. The van der Waals surface area contributed by atoms with Gasteiger partial charge in [0.05, 0.1) is 11.4 Å². The van der Waals surface area contributed by atoms with E-state index in [1.54, 1.807) is 6.92 Å². The topological polar surface area (TPSA) is 105 Å². The van der Waals surface area contributed by atoms with Crippen molar-refractivity contribution in [3.05, 3.63) is 11.8 Å². The molecule has 3 N–H and O–H groups in total. The van der Waals surface area contributed by atoms with Gasteiger partial charge in [-0.2, -0.15) is 5.26 Å². The molecule has 2 rings (SSSR count). The minimum atomic E-state index is -0.280. The van der Waals surface area contributed by atoms with E-state index >= 15 is 0 Å². The van der Waals surface area contributed by atoms with E-state index in [1.165, 1.54) is 18.0 Å². The van der Waals surface area contributed by atoms with E-state index in [0.29, 0.717) is 11.2 Å². The summed E-state index contributed by atoms with van der Waals surface area (Å²) in [5, 5.41) is 11.7. The number of anilines is 1. The largest absolute Gasteiger partial charge is 0.382 e. The average Bonchev–Trinajstić information content (AvgIpc) is 3.13. The second kappa shape index (κ2) is 5.23. The highest BCUT2D eigenvalue weighted by Crippen LogP contribution is 2.23. The van der Waals surface area contributed by atoms with Crippen molar-refractivity contribution < 1.29 is 4.79 Å². The van der Waals surface area contributed by atoms with E-state index < -0.39 is 0 Å². The molecule has 1 amide bonds. The molecule has 1 fully saturated rings. The lowest BCUT2D eigenvalue weighted by molar-refractivity contribution is -0.120. The van der Waals surface area contributed by atoms with Crippen molar-refractivity contribution in [2.24, 2.45) is 0 Å². The summed E-state index contributed by atoms with van der Waals surface area (Å²) in [6.45, 7) is 1.79. The number of amides is 1. The predicted octanol–water partition coefficient (Wildman–Crippen LogP) is 0.690. The van der Waals surface area contributed by atoms with Gasteiger partial charge < -0.3 is 11.1 Å². The molecule has 1 aromatic heterocycles. The molecule has 94 valence electrons. The fourth-order valence-corrected chi connectivity index (χ4v) is 2.03. The first kappa shape index (κ1) is 12.6. The number of hydrogen-bond acceptors (Lipinski definition) is 6. The number of carbonyl (C=O) groups is 1. The van der Waals surface area contributed by atoms with Crippen molar-refractivity contribution >= 4 is 23.5 Å². The van der Waals surface area contributed by atoms with E-state index in [0.717, 1.165) is 12.8 Å². The molecule has 0 unspecified atom stereocenters. The van der Waals surface area contributed by atoms with Crippen LogP contribution in [0.3, 0.4) is 0 Å². The number of nitrogens with zero attached hydrogens (tertiary/aromatic N) is 3. The molecule has 1 atom stereocenters. The van der Waals surface area contributed by atoms with Crippen LogP contribution in [0.15, 0.2) is 11.4 Å². The fourth-order valence-electron chi connectivity index (χ4n) is 1.28. The van der Waals surface area contributed by atoms with Crippen molar-refractivity contribution in [1.82, 2.24) is 15.3 Å². The van der Waals surface area contributed by atoms with Gasteiger partial charge in [-0.3, -0.25) is 4.79 Å². The summed E-state index contributed by atoms with van der Waals surface area (Å²) in [5.74, 6) is 0.124. The summed E-state index contributed by atoms with van der Waals surface area (Å²) in [6, 6.07) is 2.23. The Hall–Kier alpha value is -1.81. The van der Waals surface area contributed by atoms with Gasteiger partial charge in [-0.1, -0.05) is 11.8 Å². The predicted molar refractivity (Wildman–Crippen MR) is 67.6 cm³/mol. The van der Waals surface area contributed by atoms with Gasteiger partial charge in [-0.15, -0.1) is 0 Å². The first-order valence-corrected chi connectivity index (χ1v) is 6.47. The van der Waals surface area contributed by atoms with Crippen molar-refractivity contribution in [1.29, 1.82) is 5.26 Å². The third kappa shape index (κ3) is 3.11. The first-order chi connectivity index (χ1) is 8.60. The fraction of sp³-hybridized carbons (Fsp3) is 0.455. The van der Waals surface area contributed by atoms with Gasteiger partial charge in [0.15, 0.2) is 5.16 Å². The number of carbonyl (C=O) groups excluding carboxylic acids is 1. The van der Waals surface area contributed by atoms with Crippen LogP contribution >= 0.6 is 11.8 Å². The standard InChI is InChI=1S/C11H13N5OS/c1-6(10(17)15-8-2-3-8)18-11-14-5-7(4-12)9(13)16-11/h5-6,8H,2-3H2,1H3,(H,15,17)(H2,13,14,16)/t6-/m1/s1. The number of nitrogens with two attached hydrogens (primary N) is 1. The van der Waals surface area contributed by atoms with Crippen molar-refractivity contribution in [3.63, 3.8) is 0 Å². The van der Waals surface area contributed by atoms with Crippen LogP contribution in [-0.4, -0.2) is 27.2 Å². The molecule has 0 aromatic carbocycles. The second-order valence-electron chi connectivity index (χ2n) is 4.11. The highest BCUT2D eigenvalue weighted by atomic mass is 32.2. The number of aromatic nitrogens is 2. The molecular formula is C11H13N5OS. The molecule has 7 heteroatoms. The molecule has 0 spiro atoms. The Kier molecular flexibility index (Phi) is 3.67. The van der Waals surface area contributed by atoms with Crippen LogP contribution < -0.4 is 11.1 Å². The molecule has 1 heterocycles. The van der Waals surface area contributed by atoms with Crippen LogP contribution in [0.5, 0.6) is 0 Å². The van der Waals surface area contributed by atoms with Gasteiger partial charge >= 0.3 is 0 Å². The zero-order valence-electron chi connectivity index (χ0n) is 9.88. The highest BCUT2D eigenvalue weighted by Gasteiger charge is 2.26. The molecule has 6 nitrogen and oxygen atoms in total. The summed E-state index contributed by atoms with van der Waals surface area (Å²) in [7, 11) is 0. The number of rotatable bonds is 4. The minimum Gasteiger partial charge on any atom is -0.382 e. The summed E-state index contributed by atoms with van der Waals surface area (Å²) in [6.07, 6.45) is 3.49. The van der Waals surface area contributed by atoms with Crippen LogP contribution in [0.25, 0.3) is 0 Å². The molecule has 0 aliphatic heterocycles. The third-order valence-electron chi connectivity index (χ3n) is 2.49. The molecule has 0 saturated heterocycles. The molecule has 18 heavy (non-hydrogen) atoms. The summed E-state index contributed by atoms with van der Waals surface area (Å²) in [4.78, 5) is 19.7. The van der Waals surface area contributed by atoms with Gasteiger partial charge in [0.1, 0.15) is 17.5 Å². The lowest BCUT2D eigenvalue weighted by atomic mass is 10.3. The molecule has 1 aromatic rings. The van der Waals surface area contributed by atoms with Crippen molar-refractivity contribution in [2.45, 2.75) is 36.2 Å². The summed E-state index contributed by atoms with van der Waals surface area (Å²) in [5.41, 5.74) is 5.83. The van der Waals surface area contributed by atoms with E-state index in [-0.39, 0.29) is 22.5 Å². The maximum Gasteiger partial charge on any atom is 0.233 e. The van der Waals surface area contributed by atoms with Crippen LogP contribution in [0, 0.1) is 11.3 Å². The van der Waals surface area contributed by atoms with Crippen molar-refractivity contribution in [3.8, 4) is 6.07 Å². The Labute approximate surface area is 109 Å². The highest BCUT2D eigenvalue weighted by molar-refractivity contribution is 8.00. The number of thioether (sulfide) groups is 1. The summed E-state index contributed by atoms with van der Waals surface area (Å²) >= 11 is 1.23. The number of hydrogen-bond donors (Lipinski definition) is 2. The lowest BCUT2D eigenvalue weighted by Crippen LogP contribution is -2.32. The van der Waals surface area contributed by atoms with Crippen molar-refractivity contribution in [2.75, 3.05) is 5.73 Å². The zero-order chi connectivity index (χ0) is 13.1. The van der Waals surface area contributed by atoms with Gasteiger partial charge in [-0.25, -0.2) is 9.97 Å². The van der Waals surface area contributed by atoms with Gasteiger partial charge in [0, 0.05) is 6.04 Å². The second-order valence-corrected chi connectivity index (χ2v) is 5.41. The Morgan fingerprint density at radius 3 is 3.00 bits per heavy atom. The van der Waals surface area contributed by atoms with E-state index in [9.17, 15) is 4.79 Å². The van der Waals surface area contributed by atoms with Gasteiger partial charge in [0.2, 0.25) is 5.91 Å². The maximum atomic E-state index is 11.7. The minimum absolute atomic E-state index is 0.0194. The maximum absolute atomic E-state index is 11.7. The molecule has 1 aliphatic rings. The average molecular weight is 263 g/mol. The lowest BCUT2D eigenvalue weighted by Gasteiger charge is -2.10. The Morgan fingerprint density at radius 1 is 1.72 bits per heavy atom. The third-order valence-corrected chi connectivity index (χ3v) is 3.47. The molecule has 1 aliphatic carbocycles. The van der Waals surface area contributed by atoms with Crippen LogP contribution in [0.4, 0.5) is 5.82 Å². The summed E-state index contributed by atoms with van der Waals surface area (Å²) < 4.78 is 0. The molecule has 0 bridgehead atoms. The SMILES string of the molecule is C[C@@H](Sc1ncc(C#N)c(N)n1)C(=O)NC1CC1. The van der Waals surface area contributed by atoms with Crippen LogP contribution in [0.2, 0.25) is 0 Å². The Balaban J connectivity index is 1.97. The monoisotopic (exact) mass is 263 g/mol. The quantitative estimate of drug-likeness (QED) is 0.611. The van der Waals surface area contributed by atoms with E-state index in [2.05, 4.69) is 15.3 Å². The van der Waals surface area contributed by atoms with Gasteiger partial charge in [0.25, 0.3) is 0 Å². The molecular weight excluding hydrogens is 250 g/mol. The van der Waals surface area contributed by atoms with Crippen LogP contribution in [0.1, 0.15) is 25.3 Å². The van der Waals surface area contributed by atoms with E-state index in [1.807, 2.05) is 6.07 Å². The number of nitrogens with one attached hydrogen (secondary N) is 1. The smallest absolute Gasteiger partial charge is 0.233 e. The van der Waals surface area contributed by atoms with Crippen LogP contribution in [-0.2, 0) is 4.79 Å². The number of nitrogen functional groups attached to an aromatic ring is 1. The van der Waals surface area contributed by atoms with Gasteiger partial charge in [-0.05, 0) is 19.8 Å². The first-order valence-electron chi connectivity index (χ1n) is 5.60. The number of nitriles is 1. The Bertz CT molecular complexity index is 509. The Morgan fingerprint density at radius 2 is 2.44 bits per heavy atom. The van der Waals surface area contributed by atoms with E-state index in [4.69, 9.17) is 11.0 Å².